The summed E-state index contributed by atoms with van der Waals surface area (Å²) in [4.78, 5) is 0. The lowest BCUT2D eigenvalue weighted by Crippen LogP contribution is -1.82. The summed E-state index contributed by atoms with van der Waals surface area (Å²) in [5.74, 6) is 0. The van der Waals surface area contributed by atoms with E-state index in [2.05, 4.69) is 13.0 Å². The molecular weight excluding hydrogens is 184 g/mol. The summed E-state index contributed by atoms with van der Waals surface area (Å²) in [6.45, 7) is 2.29. The van der Waals surface area contributed by atoms with E-state index in [1.807, 2.05) is 0 Å². The highest BCUT2D eigenvalue weighted by molar-refractivity contribution is 6.14. The van der Waals surface area contributed by atoms with Crippen molar-refractivity contribution in [2.75, 3.05) is 0 Å². The summed E-state index contributed by atoms with van der Waals surface area (Å²) in [6, 6.07) is 2.42. The quantitative estimate of drug-likeness (QED) is 0.361. The fourth-order valence-corrected chi connectivity index (χ4v) is 2.24. The molecule has 85 valence electrons. The molecule has 14 heavy (non-hydrogen) atoms. The van der Waals surface area contributed by atoms with Gasteiger partial charge in [-0.3, -0.25) is 0 Å². The lowest BCUT2D eigenvalue weighted by atomic mass is 10.1. The molecule has 1 heteroatoms. The fourth-order valence-electron chi connectivity index (χ4n) is 1.84. The predicted molar refractivity (Wildman–Crippen MR) is 70.7 cm³/mol. The molecule has 0 nitrogen and oxygen atoms in total. The topological polar surface area (TPSA) is 0 Å². The van der Waals surface area contributed by atoms with Crippen LogP contribution in [0.5, 0.6) is 0 Å². The van der Waals surface area contributed by atoms with Crippen LogP contribution in [0, 0.1) is 6.04 Å². The minimum atomic E-state index is 1.28. The Labute approximate surface area is 94.3 Å². The van der Waals surface area contributed by atoms with Crippen molar-refractivity contribution in [3.05, 3.63) is 6.04 Å². The van der Waals surface area contributed by atoms with Crippen LogP contribution in [0.15, 0.2) is 0 Å². The molecule has 0 amide bonds. The van der Waals surface area contributed by atoms with E-state index in [-0.39, 0.29) is 0 Å². The van der Waals surface area contributed by atoms with E-state index < -0.39 is 0 Å². The Morgan fingerprint density at radius 2 is 1.14 bits per heavy atom. The summed E-state index contributed by atoms with van der Waals surface area (Å²) >= 11 is 0. The van der Waals surface area contributed by atoms with Crippen LogP contribution in [-0.2, 0) is 0 Å². The predicted octanol–water partition coefficient (Wildman–Crippen LogP) is 3.82. The number of hydrogen-bond donors (Lipinski definition) is 0. The largest absolute Gasteiger partial charge is 0.0654 e. The van der Waals surface area contributed by atoms with Gasteiger partial charge in [0.05, 0.1) is 0 Å². The van der Waals surface area contributed by atoms with Crippen LogP contribution in [0.4, 0.5) is 0 Å². The zero-order valence-corrected chi connectivity index (χ0v) is 12.4. The lowest BCUT2D eigenvalue weighted by Gasteiger charge is -2.01. The van der Waals surface area contributed by atoms with Crippen LogP contribution in [0.1, 0.15) is 77.6 Å². The van der Waals surface area contributed by atoms with Crippen molar-refractivity contribution >= 4 is 10.2 Å². The molecule has 0 saturated carbocycles. The van der Waals surface area contributed by atoms with Crippen LogP contribution < -0.4 is 0 Å². The van der Waals surface area contributed by atoms with Crippen LogP contribution >= 0.6 is 0 Å². The van der Waals surface area contributed by atoms with Crippen molar-refractivity contribution in [2.24, 2.45) is 0 Å². The highest BCUT2D eigenvalue weighted by atomic mass is 28.1. The molecule has 0 spiro atoms. The van der Waals surface area contributed by atoms with Gasteiger partial charge in [0.2, 0.25) is 0 Å². The van der Waals surface area contributed by atoms with Crippen molar-refractivity contribution in [3.63, 3.8) is 0 Å². The molecule has 0 bridgehead atoms. The van der Waals surface area contributed by atoms with Gasteiger partial charge < -0.3 is 0 Å². The highest BCUT2D eigenvalue weighted by Crippen LogP contribution is 2.11. The van der Waals surface area contributed by atoms with Crippen molar-refractivity contribution < 1.29 is 0 Å². The first kappa shape index (κ1) is 14.2. The first-order chi connectivity index (χ1) is 6.91. The standard InChI is InChI=1S/C13H29Si/c1-2-3-4-5-6-7-8-9-10-11-12-13-14/h13H,2-12H2,1,14H3. The summed E-state index contributed by atoms with van der Waals surface area (Å²) in [5, 5.41) is 0. The molecule has 0 unspecified atom stereocenters. The molecule has 0 aliphatic carbocycles. The van der Waals surface area contributed by atoms with E-state index in [0.717, 1.165) is 0 Å². The van der Waals surface area contributed by atoms with Crippen molar-refractivity contribution in [2.45, 2.75) is 77.6 Å². The molecule has 1 radical (unpaired) electrons. The molecule has 0 fully saturated rings. The second kappa shape index (κ2) is 13.2. The van der Waals surface area contributed by atoms with Gasteiger partial charge in [0, 0.05) is 10.2 Å². The second-order valence-electron chi connectivity index (χ2n) is 4.38. The average molecular weight is 213 g/mol. The van der Waals surface area contributed by atoms with Crippen LogP contribution in [-0.4, -0.2) is 10.2 Å². The minimum absolute atomic E-state index is 1.28. The third-order valence-corrected chi connectivity index (χ3v) is 3.42. The van der Waals surface area contributed by atoms with E-state index in [4.69, 9.17) is 0 Å². The van der Waals surface area contributed by atoms with Gasteiger partial charge in [-0.25, -0.2) is 0 Å². The van der Waals surface area contributed by atoms with Crippen LogP contribution in [0.25, 0.3) is 0 Å². The van der Waals surface area contributed by atoms with Crippen molar-refractivity contribution in [3.8, 4) is 0 Å². The molecule has 0 aliphatic rings. The normalized spacial score (nSPS) is 10.9. The SMILES string of the molecule is CCCCCCCCCCCC[CH][SiH3]. The summed E-state index contributed by atoms with van der Waals surface area (Å²) in [6.07, 6.45) is 16.0. The van der Waals surface area contributed by atoms with Crippen LogP contribution in [0.3, 0.4) is 0 Å². The van der Waals surface area contributed by atoms with Gasteiger partial charge in [0.25, 0.3) is 0 Å². The monoisotopic (exact) mass is 213 g/mol. The van der Waals surface area contributed by atoms with Crippen molar-refractivity contribution in [1.29, 1.82) is 0 Å². The number of rotatable bonds is 11. The third kappa shape index (κ3) is 12.2. The summed E-state index contributed by atoms with van der Waals surface area (Å²) < 4.78 is 0. The highest BCUT2D eigenvalue weighted by Gasteiger charge is 1.91. The second-order valence-corrected chi connectivity index (χ2v) is 5.20. The lowest BCUT2D eigenvalue weighted by molar-refractivity contribution is 0.557. The molecule has 0 atom stereocenters. The third-order valence-electron chi connectivity index (χ3n) is 2.85. The summed E-state index contributed by atoms with van der Waals surface area (Å²) in [7, 11) is 1.28. The zero-order valence-electron chi connectivity index (χ0n) is 10.4. The average Bonchev–Trinajstić information content (AvgIpc) is 2.21. The molecular formula is C13H29Si. The number of unbranched alkanes of at least 4 members (excludes halogenated alkanes) is 10. The van der Waals surface area contributed by atoms with E-state index in [0.29, 0.717) is 0 Å². The van der Waals surface area contributed by atoms with Crippen LogP contribution in [0.2, 0.25) is 0 Å². The fraction of sp³-hybridized carbons (Fsp3) is 0.923. The molecule has 0 N–H and O–H groups in total. The molecule has 0 heterocycles. The molecule has 0 aliphatic heterocycles. The molecule has 0 aromatic rings. The van der Waals surface area contributed by atoms with Gasteiger partial charge >= 0.3 is 0 Å². The van der Waals surface area contributed by atoms with E-state index in [1.165, 1.54) is 80.9 Å². The van der Waals surface area contributed by atoms with Gasteiger partial charge in [0.1, 0.15) is 0 Å². The maximum absolute atomic E-state index is 2.42. The Hall–Kier alpha value is 0.217. The Kier molecular flexibility index (Phi) is 13.4. The Bertz CT molecular complexity index is 79.2. The molecule has 0 aromatic carbocycles. The maximum Gasteiger partial charge on any atom is 0.00667 e. The summed E-state index contributed by atoms with van der Waals surface area (Å²) in [5.41, 5.74) is 0. The van der Waals surface area contributed by atoms with Gasteiger partial charge in [0.15, 0.2) is 0 Å². The minimum Gasteiger partial charge on any atom is -0.0654 e. The zero-order chi connectivity index (χ0) is 10.5. The first-order valence-electron chi connectivity index (χ1n) is 6.69. The molecule has 0 rings (SSSR count). The molecule has 0 aromatic heterocycles. The van der Waals surface area contributed by atoms with Gasteiger partial charge in [-0.05, 0) is 0 Å². The van der Waals surface area contributed by atoms with E-state index in [9.17, 15) is 0 Å². The Balaban J connectivity index is 2.78. The number of hydrogen-bond acceptors (Lipinski definition) is 0. The Morgan fingerprint density at radius 1 is 0.714 bits per heavy atom. The Morgan fingerprint density at radius 3 is 1.57 bits per heavy atom. The maximum atomic E-state index is 2.42. The smallest absolute Gasteiger partial charge is 0.00667 e. The van der Waals surface area contributed by atoms with E-state index >= 15 is 0 Å². The van der Waals surface area contributed by atoms with Gasteiger partial charge in [-0.15, -0.1) is 0 Å². The van der Waals surface area contributed by atoms with Gasteiger partial charge in [-0.2, -0.15) is 0 Å². The molecule has 0 saturated heterocycles. The van der Waals surface area contributed by atoms with Crippen molar-refractivity contribution in [1.82, 2.24) is 0 Å². The first-order valence-corrected chi connectivity index (χ1v) is 7.85. The van der Waals surface area contributed by atoms with Gasteiger partial charge in [-0.1, -0.05) is 83.6 Å². The van der Waals surface area contributed by atoms with E-state index in [1.54, 1.807) is 0 Å².